The van der Waals surface area contributed by atoms with Crippen LogP contribution in [0.1, 0.15) is 38.9 Å². The molecule has 0 unspecified atom stereocenters. The van der Waals surface area contributed by atoms with E-state index < -0.39 is 17.3 Å². The molecule has 10 aromatic carbocycles. The lowest BCUT2D eigenvalue weighted by molar-refractivity contribution is -0.137. The molecule has 0 N–H and O–H groups in total. The van der Waals surface area contributed by atoms with Gasteiger partial charge in [-0.1, -0.05) is 84.9 Å². The van der Waals surface area contributed by atoms with Crippen molar-refractivity contribution in [2.45, 2.75) is 6.18 Å². The fourth-order valence-electron chi connectivity index (χ4n) is 10.8. The maximum absolute atomic E-state index is 15.5. The van der Waals surface area contributed by atoms with E-state index in [0.29, 0.717) is 60.8 Å². The summed E-state index contributed by atoms with van der Waals surface area (Å²) in [5, 5.41) is 64.8. The van der Waals surface area contributed by atoms with E-state index in [1.807, 2.05) is 120 Å². The molecule has 0 saturated carbocycles. The van der Waals surface area contributed by atoms with E-state index in [0.717, 1.165) is 61.3 Å². The van der Waals surface area contributed by atoms with Gasteiger partial charge in [0.05, 0.1) is 97.2 Å². The van der Waals surface area contributed by atoms with Gasteiger partial charge in [-0.15, -0.1) is 0 Å². The Morgan fingerprint density at radius 3 is 1.04 bits per heavy atom. The molecular formula is C67H33F3N8. The van der Waals surface area contributed by atoms with Crippen molar-refractivity contribution in [1.82, 2.24) is 9.13 Å². The highest BCUT2D eigenvalue weighted by Gasteiger charge is 2.37. The summed E-state index contributed by atoms with van der Waals surface area (Å²) in [6.45, 7) is 0. The lowest BCUT2D eigenvalue weighted by atomic mass is 9.90. The number of nitriles is 6. The lowest BCUT2D eigenvalue weighted by Gasteiger charge is -2.22. The smallest absolute Gasteiger partial charge is 0.308 e. The summed E-state index contributed by atoms with van der Waals surface area (Å²) in [4.78, 5) is 0. The highest BCUT2D eigenvalue weighted by atomic mass is 19.4. The van der Waals surface area contributed by atoms with Gasteiger partial charge in [0.1, 0.15) is 11.6 Å². The first kappa shape index (κ1) is 47.5. The second kappa shape index (κ2) is 18.8. The Morgan fingerprint density at radius 1 is 0.333 bits per heavy atom. The van der Waals surface area contributed by atoms with Gasteiger partial charge in [0, 0.05) is 32.7 Å². The van der Waals surface area contributed by atoms with Gasteiger partial charge < -0.3 is 9.13 Å². The number of hydrogen-bond acceptors (Lipinski definition) is 6. The van der Waals surface area contributed by atoms with Crippen LogP contribution < -0.4 is 0 Å². The number of fused-ring (bicyclic) bond motifs is 6. The predicted molar refractivity (Wildman–Crippen MR) is 296 cm³/mol. The monoisotopic (exact) mass is 1010 g/mol. The van der Waals surface area contributed by atoms with Crippen LogP contribution in [0.25, 0.3) is 111 Å². The Kier molecular flexibility index (Phi) is 11.4. The minimum Gasteiger partial charge on any atom is -0.308 e. The molecule has 0 radical (unpaired) electrons. The van der Waals surface area contributed by atoms with Crippen LogP contribution in [0.2, 0.25) is 0 Å². The van der Waals surface area contributed by atoms with Crippen LogP contribution in [0.5, 0.6) is 0 Å². The zero-order chi connectivity index (χ0) is 53.8. The molecule has 11 heteroatoms. The normalized spacial score (nSPS) is 11.2. The third-order valence-electron chi connectivity index (χ3n) is 14.3. The third-order valence-corrected chi connectivity index (χ3v) is 14.3. The Bertz CT molecular complexity index is 4590. The molecule has 78 heavy (non-hydrogen) atoms. The van der Waals surface area contributed by atoms with Crippen LogP contribution >= 0.6 is 0 Å². The number of halogens is 3. The number of aromatic nitrogens is 2. The largest absolute Gasteiger partial charge is 0.417 e. The first-order chi connectivity index (χ1) is 38.0. The zero-order valence-electron chi connectivity index (χ0n) is 40.8. The molecule has 12 aromatic rings. The maximum Gasteiger partial charge on any atom is 0.417 e. The Morgan fingerprint density at radius 2 is 0.692 bits per heavy atom. The Labute approximate surface area is 444 Å². The second-order valence-electron chi connectivity index (χ2n) is 18.7. The molecule has 0 aliphatic heterocycles. The number of benzene rings is 10. The molecule has 0 aliphatic rings. The van der Waals surface area contributed by atoms with Crippen LogP contribution in [0, 0.1) is 68.0 Å². The van der Waals surface area contributed by atoms with Crippen molar-refractivity contribution in [3.05, 3.63) is 239 Å². The van der Waals surface area contributed by atoms with Gasteiger partial charge in [-0.2, -0.15) is 44.7 Å². The highest BCUT2D eigenvalue weighted by molar-refractivity contribution is 6.14. The molecule has 2 heterocycles. The van der Waals surface area contributed by atoms with E-state index in [2.05, 4.69) is 30.3 Å². The SMILES string of the molecule is N#Cc1cccc(-c2ccc3c(c2)c2cc(-c4cccc(C#N)c4)ccc2n3-c2ccc(-c3c(C#N)cccc3C(F)(F)F)c(-n3c4ccc(-c5cccc(C#N)c5)cc4c4cc(-c5cccc(C#N)c5)ccc43)c2C#N)c1. The van der Waals surface area contributed by atoms with Crippen LogP contribution in [0.15, 0.2) is 200 Å². The number of hydrogen-bond donors (Lipinski definition) is 0. The molecule has 2 aromatic heterocycles. The summed E-state index contributed by atoms with van der Waals surface area (Å²) in [6.07, 6.45) is -4.92. The fraction of sp³-hybridized carbons (Fsp3) is 0.0149. The van der Waals surface area contributed by atoms with E-state index in [-0.39, 0.29) is 22.4 Å². The average molecular weight is 1010 g/mol. The summed E-state index contributed by atoms with van der Waals surface area (Å²) in [5.41, 5.74) is 9.15. The molecule has 0 amide bonds. The van der Waals surface area contributed by atoms with Crippen molar-refractivity contribution < 1.29 is 13.2 Å². The van der Waals surface area contributed by atoms with Crippen LogP contribution in [-0.4, -0.2) is 9.13 Å². The molecule has 8 nitrogen and oxygen atoms in total. The van der Waals surface area contributed by atoms with E-state index in [1.165, 1.54) is 12.1 Å². The minimum absolute atomic E-state index is 0.000779. The third kappa shape index (κ3) is 7.90. The second-order valence-corrected chi connectivity index (χ2v) is 18.7. The van der Waals surface area contributed by atoms with E-state index in [9.17, 15) is 31.6 Å². The number of nitrogens with zero attached hydrogens (tertiary/aromatic N) is 8. The van der Waals surface area contributed by atoms with Crippen molar-refractivity contribution in [1.29, 1.82) is 31.6 Å². The zero-order valence-corrected chi connectivity index (χ0v) is 40.8. The molecular weight excluding hydrogens is 974 g/mol. The Hall–Kier alpha value is -11.5. The van der Waals surface area contributed by atoms with Gasteiger partial charge in [0.25, 0.3) is 0 Å². The van der Waals surface area contributed by atoms with Crippen LogP contribution in [0.4, 0.5) is 13.2 Å². The summed E-state index contributed by atoms with van der Waals surface area (Å²) < 4.78 is 50.3. The van der Waals surface area contributed by atoms with Crippen molar-refractivity contribution in [3.63, 3.8) is 0 Å². The highest BCUT2D eigenvalue weighted by Crippen LogP contribution is 2.48. The van der Waals surface area contributed by atoms with Gasteiger partial charge >= 0.3 is 6.18 Å². The van der Waals surface area contributed by atoms with E-state index in [4.69, 9.17) is 0 Å². The first-order valence-corrected chi connectivity index (χ1v) is 24.4. The lowest BCUT2D eigenvalue weighted by Crippen LogP contribution is -2.11. The van der Waals surface area contributed by atoms with Gasteiger partial charge in [-0.25, -0.2) is 0 Å². The van der Waals surface area contributed by atoms with Crippen molar-refractivity contribution >= 4 is 43.6 Å². The molecule has 362 valence electrons. The predicted octanol–water partition coefficient (Wildman–Crippen LogP) is 16.5. The maximum atomic E-state index is 15.5. The molecule has 0 aliphatic carbocycles. The molecule has 0 spiro atoms. The molecule has 0 saturated heterocycles. The molecule has 12 rings (SSSR count). The summed E-state index contributed by atoms with van der Waals surface area (Å²) in [6, 6.07) is 71.9. The van der Waals surface area contributed by atoms with Crippen molar-refractivity contribution in [2.75, 3.05) is 0 Å². The molecule has 0 bridgehead atoms. The van der Waals surface area contributed by atoms with Crippen LogP contribution in [-0.2, 0) is 6.18 Å². The Balaban J connectivity index is 1.22. The topological polar surface area (TPSA) is 153 Å². The van der Waals surface area contributed by atoms with E-state index >= 15 is 13.2 Å². The van der Waals surface area contributed by atoms with Crippen LogP contribution in [0.3, 0.4) is 0 Å². The average Bonchev–Trinajstić information content (AvgIpc) is 4.15. The number of alkyl halides is 3. The van der Waals surface area contributed by atoms with Crippen molar-refractivity contribution in [2.24, 2.45) is 0 Å². The summed E-state index contributed by atoms with van der Waals surface area (Å²) in [7, 11) is 0. The van der Waals surface area contributed by atoms with Crippen molar-refractivity contribution in [3.8, 4) is 103 Å². The van der Waals surface area contributed by atoms with Gasteiger partial charge in [0.2, 0.25) is 0 Å². The summed E-state index contributed by atoms with van der Waals surface area (Å²) >= 11 is 0. The first-order valence-electron chi connectivity index (χ1n) is 24.4. The molecule has 0 atom stereocenters. The van der Waals surface area contributed by atoms with Gasteiger partial charge in [-0.05, 0) is 160 Å². The number of rotatable bonds is 7. The van der Waals surface area contributed by atoms with Gasteiger partial charge in [-0.3, -0.25) is 0 Å². The quantitative estimate of drug-likeness (QED) is 0.155. The fourth-order valence-corrected chi connectivity index (χ4v) is 10.8. The summed E-state index contributed by atoms with van der Waals surface area (Å²) in [5.74, 6) is 0. The molecule has 0 fully saturated rings. The van der Waals surface area contributed by atoms with E-state index in [1.54, 1.807) is 77.4 Å². The standard InChI is InChI=1S/C67H33F3N8/c68-67(69,70)59-15-5-14-52(38-75)65(59)53-20-25-64(77-60-21-16-48(44-10-1-6-40(26-44)34-71)30-54(60)55-31-49(17-22-61(55)77)45-11-2-7-41(27-45)35-72)58(39-76)66(53)78-62-23-18-50(46-12-3-8-42(28-46)36-73)32-56(62)57-33-51(19-24-63(57)78)47-13-4-9-43(29-47)37-74/h1-33H. The minimum atomic E-state index is -4.92. The van der Waals surface area contributed by atoms with Gasteiger partial charge in [0.15, 0.2) is 0 Å².